The van der Waals surface area contributed by atoms with Gasteiger partial charge in [0.1, 0.15) is 5.75 Å². The lowest BCUT2D eigenvalue weighted by atomic mass is 10.2. The number of carbonyl (C=O) groups excluding carboxylic acids is 2. The summed E-state index contributed by atoms with van der Waals surface area (Å²) in [5, 5.41) is 13.3. The number of nitro groups is 1. The van der Waals surface area contributed by atoms with Gasteiger partial charge < -0.3 is 19.5 Å². The van der Waals surface area contributed by atoms with Crippen LogP contribution in [0.2, 0.25) is 0 Å². The molecular weight excluding hydrogens is 320 g/mol. The van der Waals surface area contributed by atoms with Gasteiger partial charge in [0.2, 0.25) is 0 Å². The van der Waals surface area contributed by atoms with Crippen molar-refractivity contribution in [1.82, 2.24) is 0 Å². The van der Waals surface area contributed by atoms with Gasteiger partial charge in [-0.2, -0.15) is 0 Å². The molecule has 0 aliphatic carbocycles. The first-order valence-electron chi connectivity index (χ1n) is 7.37. The minimum absolute atomic E-state index is 0.122. The number of anilines is 1. The molecule has 1 heterocycles. The van der Waals surface area contributed by atoms with E-state index in [1.807, 2.05) is 0 Å². The van der Waals surface area contributed by atoms with E-state index in [2.05, 4.69) is 5.32 Å². The van der Waals surface area contributed by atoms with Gasteiger partial charge in [-0.1, -0.05) is 0 Å². The maximum atomic E-state index is 12.2. The molecule has 1 amide bonds. The number of non-ortho nitro benzene ring substituents is 1. The first-order chi connectivity index (χ1) is 11.4. The molecule has 0 aromatic heterocycles. The van der Waals surface area contributed by atoms with Crippen LogP contribution in [0.15, 0.2) is 18.2 Å². The summed E-state index contributed by atoms with van der Waals surface area (Å²) in [5.41, 5.74) is -0.0770. The van der Waals surface area contributed by atoms with Crippen molar-refractivity contribution in [3.05, 3.63) is 28.3 Å². The molecule has 0 radical (unpaired) electrons. The number of hydrogen-bond acceptors (Lipinski definition) is 7. The zero-order valence-electron chi connectivity index (χ0n) is 13.3. The molecule has 9 nitrogen and oxygen atoms in total. The monoisotopic (exact) mass is 338 g/mol. The molecule has 0 spiro atoms. The molecule has 0 saturated carbocycles. The number of nitrogens with zero attached hydrogens (tertiary/aromatic N) is 1. The van der Waals surface area contributed by atoms with E-state index in [1.54, 1.807) is 0 Å². The van der Waals surface area contributed by atoms with E-state index in [1.165, 1.54) is 32.2 Å². The normalized spacial score (nSPS) is 17.8. The van der Waals surface area contributed by atoms with Gasteiger partial charge in [-0.3, -0.25) is 14.9 Å². The van der Waals surface area contributed by atoms with Crippen LogP contribution in [-0.4, -0.2) is 42.7 Å². The van der Waals surface area contributed by atoms with E-state index in [0.29, 0.717) is 13.0 Å². The standard InChI is InChI=1S/C15H18N2O7/c1-9(24-15(19)13-4-3-7-23-13)14(18)16-11-8-10(17(20)21)5-6-12(11)22-2/h5-6,8-9,13H,3-4,7H2,1-2H3,(H,16,18)/t9-,13-/m1/s1. The Bertz CT molecular complexity index is 641. The largest absolute Gasteiger partial charge is 0.495 e. The van der Waals surface area contributed by atoms with Gasteiger partial charge in [0, 0.05) is 18.7 Å². The van der Waals surface area contributed by atoms with Gasteiger partial charge in [0.05, 0.1) is 17.7 Å². The quantitative estimate of drug-likeness (QED) is 0.476. The van der Waals surface area contributed by atoms with Crippen LogP contribution in [0, 0.1) is 10.1 Å². The van der Waals surface area contributed by atoms with Crippen molar-refractivity contribution in [2.24, 2.45) is 0 Å². The molecule has 24 heavy (non-hydrogen) atoms. The fraction of sp³-hybridized carbons (Fsp3) is 0.467. The third-order valence-electron chi connectivity index (χ3n) is 3.51. The number of nitro benzene ring substituents is 1. The summed E-state index contributed by atoms with van der Waals surface area (Å²) >= 11 is 0. The third kappa shape index (κ3) is 4.19. The van der Waals surface area contributed by atoms with Gasteiger partial charge in [-0.05, 0) is 25.8 Å². The Kier molecular flexibility index (Phi) is 5.69. The number of methoxy groups -OCH3 is 1. The highest BCUT2D eigenvalue weighted by Crippen LogP contribution is 2.29. The Balaban J connectivity index is 2.03. The molecule has 1 fully saturated rings. The van der Waals surface area contributed by atoms with Gasteiger partial charge in [0.25, 0.3) is 11.6 Å². The molecule has 1 aromatic carbocycles. The summed E-state index contributed by atoms with van der Waals surface area (Å²) in [6.45, 7) is 1.90. The summed E-state index contributed by atoms with van der Waals surface area (Å²) in [5.74, 6) is -0.965. The molecule has 1 aliphatic heterocycles. The second-order valence-corrected chi connectivity index (χ2v) is 5.21. The molecule has 1 N–H and O–H groups in total. The highest BCUT2D eigenvalue weighted by atomic mass is 16.6. The summed E-state index contributed by atoms with van der Waals surface area (Å²) in [4.78, 5) is 34.2. The van der Waals surface area contributed by atoms with Crippen LogP contribution in [0.4, 0.5) is 11.4 Å². The van der Waals surface area contributed by atoms with E-state index in [4.69, 9.17) is 14.2 Å². The number of rotatable bonds is 6. The van der Waals surface area contributed by atoms with Gasteiger partial charge in [-0.25, -0.2) is 4.79 Å². The first kappa shape index (κ1) is 17.7. The molecule has 130 valence electrons. The minimum atomic E-state index is -1.08. The Labute approximate surface area is 138 Å². The Morgan fingerprint density at radius 1 is 1.46 bits per heavy atom. The lowest BCUT2D eigenvalue weighted by Crippen LogP contribution is -2.34. The fourth-order valence-electron chi connectivity index (χ4n) is 2.21. The number of hydrogen-bond donors (Lipinski definition) is 1. The number of esters is 1. The van der Waals surface area contributed by atoms with Crippen LogP contribution in [0.3, 0.4) is 0 Å². The van der Waals surface area contributed by atoms with Gasteiger partial charge in [-0.15, -0.1) is 0 Å². The van der Waals surface area contributed by atoms with Gasteiger partial charge >= 0.3 is 5.97 Å². The summed E-state index contributed by atoms with van der Waals surface area (Å²) in [7, 11) is 1.37. The highest BCUT2D eigenvalue weighted by molar-refractivity contribution is 5.96. The summed E-state index contributed by atoms with van der Waals surface area (Å²) in [6.07, 6.45) is -0.393. The molecule has 0 unspecified atom stereocenters. The van der Waals surface area contributed by atoms with E-state index >= 15 is 0 Å². The Hall–Kier alpha value is -2.68. The second kappa shape index (κ2) is 7.73. The van der Waals surface area contributed by atoms with Crippen LogP contribution in [-0.2, 0) is 19.1 Å². The predicted octanol–water partition coefficient (Wildman–Crippen LogP) is 1.65. The Morgan fingerprint density at radius 2 is 2.21 bits per heavy atom. The van der Waals surface area contributed by atoms with E-state index in [-0.39, 0.29) is 17.1 Å². The van der Waals surface area contributed by atoms with Crippen molar-refractivity contribution in [3.63, 3.8) is 0 Å². The van der Waals surface area contributed by atoms with Crippen molar-refractivity contribution in [2.45, 2.75) is 32.0 Å². The molecule has 2 atom stereocenters. The lowest BCUT2D eigenvalue weighted by Gasteiger charge is -2.16. The first-order valence-corrected chi connectivity index (χ1v) is 7.37. The van der Waals surface area contributed by atoms with E-state index in [9.17, 15) is 19.7 Å². The van der Waals surface area contributed by atoms with Crippen LogP contribution in [0.25, 0.3) is 0 Å². The summed E-state index contributed by atoms with van der Waals surface area (Å²) < 4.78 is 15.3. The van der Waals surface area contributed by atoms with Crippen LogP contribution >= 0.6 is 0 Å². The highest BCUT2D eigenvalue weighted by Gasteiger charge is 2.28. The lowest BCUT2D eigenvalue weighted by molar-refractivity contribution is -0.384. The van der Waals surface area contributed by atoms with Crippen LogP contribution in [0.5, 0.6) is 5.75 Å². The van der Waals surface area contributed by atoms with Crippen molar-refractivity contribution >= 4 is 23.3 Å². The molecule has 2 rings (SSSR count). The topological polar surface area (TPSA) is 117 Å². The number of benzene rings is 1. The van der Waals surface area contributed by atoms with Crippen LogP contribution in [0.1, 0.15) is 19.8 Å². The average molecular weight is 338 g/mol. The minimum Gasteiger partial charge on any atom is -0.495 e. The molecule has 0 bridgehead atoms. The molecule has 1 aromatic rings. The SMILES string of the molecule is COc1ccc([N+](=O)[O-])cc1NC(=O)[C@@H](C)OC(=O)[C@H]1CCCO1. The fourth-order valence-corrected chi connectivity index (χ4v) is 2.21. The number of ether oxygens (including phenoxy) is 3. The molecule has 9 heteroatoms. The smallest absolute Gasteiger partial charge is 0.336 e. The van der Waals surface area contributed by atoms with Gasteiger partial charge in [0.15, 0.2) is 12.2 Å². The average Bonchev–Trinajstić information content (AvgIpc) is 3.09. The van der Waals surface area contributed by atoms with Crippen molar-refractivity contribution < 1.29 is 28.7 Å². The van der Waals surface area contributed by atoms with E-state index < -0.39 is 29.0 Å². The molecule has 1 aliphatic rings. The predicted molar refractivity (Wildman–Crippen MR) is 82.8 cm³/mol. The van der Waals surface area contributed by atoms with Crippen molar-refractivity contribution in [3.8, 4) is 5.75 Å². The second-order valence-electron chi connectivity index (χ2n) is 5.21. The number of amides is 1. The zero-order valence-corrected chi connectivity index (χ0v) is 13.3. The zero-order chi connectivity index (χ0) is 17.7. The van der Waals surface area contributed by atoms with Crippen molar-refractivity contribution in [1.29, 1.82) is 0 Å². The third-order valence-corrected chi connectivity index (χ3v) is 3.51. The van der Waals surface area contributed by atoms with Crippen LogP contribution < -0.4 is 10.1 Å². The summed E-state index contributed by atoms with van der Waals surface area (Å²) in [6, 6.07) is 3.80. The Morgan fingerprint density at radius 3 is 2.79 bits per heavy atom. The van der Waals surface area contributed by atoms with Crippen molar-refractivity contribution in [2.75, 3.05) is 19.0 Å². The number of carbonyl (C=O) groups is 2. The molecular formula is C15H18N2O7. The number of nitrogens with one attached hydrogen (secondary N) is 1. The van der Waals surface area contributed by atoms with E-state index in [0.717, 1.165) is 6.42 Å². The molecule has 1 saturated heterocycles. The maximum absolute atomic E-state index is 12.2. The maximum Gasteiger partial charge on any atom is 0.336 e.